The van der Waals surface area contributed by atoms with Crippen LogP contribution >= 0.6 is 0 Å². The average molecular weight is 344 g/mol. The van der Waals surface area contributed by atoms with Crippen molar-refractivity contribution in [2.45, 2.75) is 19.1 Å². The minimum absolute atomic E-state index is 0.0868. The number of nitrogens with zero attached hydrogens (tertiary/aromatic N) is 3. The molecule has 3 aromatic rings. The first-order chi connectivity index (χ1) is 11.5. The zero-order chi connectivity index (χ0) is 17.0. The lowest BCUT2D eigenvalue weighted by Crippen LogP contribution is -2.14. The Bertz CT molecular complexity index is 920. The third-order valence-electron chi connectivity index (χ3n) is 3.67. The number of aryl methyl sites for hydroxylation is 1. The lowest BCUT2D eigenvalue weighted by Gasteiger charge is -2.08. The fourth-order valence-electron chi connectivity index (χ4n) is 2.58. The quantitative estimate of drug-likeness (QED) is 0.666. The highest BCUT2D eigenvalue weighted by Gasteiger charge is 2.12. The molecule has 0 aliphatic heterocycles. The van der Waals surface area contributed by atoms with Crippen LogP contribution in [0.5, 0.6) is 0 Å². The maximum atomic E-state index is 12.2. The van der Waals surface area contributed by atoms with Gasteiger partial charge in [0.15, 0.2) is 15.7 Å². The smallest absolute Gasteiger partial charge is 0.154 e. The molecule has 1 N–H and O–H groups in total. The van der Waals surface area contributed by atoms with E-state index in [4.69, 9.17) is 0 Å². The second kappa shape index (κ2) is 7.00. The standard InChI is InChI=1S/C17H20N4O2S/c1-14-12-16-17(19-9-10-21(16)20-14)18-8-5-11-24(22,23)13-15-6-3-2-4-7-15/h2-4,6-7,9-10,12H,5,8,11,13H2,1H3,(H,18,19). The molecule has 0 aliphatic carbocycles. The van der Waals surface area contributed by atoms with E-state index in [-0.39, 0.29) is 11.5 Å². The number of aromatic nitrogens is 3. The molecule has 126 valence electrons. The molecule has 0 unspecified atom stereocenters. The maximum absolute atomic E-state index is 12.2. The van der Waals surface area contributed by atoms with Gasteiger partial charge in [0.2, 0.25) is 0 Å². The summed E-state index contributed by atoms with van der Waals surface area (Å²) in [6.07, 6.45) is 4.00. The van der Waals surface area contributed by atoms with Crippen LogP contribution in [0.15, 0.2) is 48.8 Å². The molecule has 0 spiro atoms. The number of anilines is 1. The number of rotatable bonds is 7. The predicted molar refractivity (Wildman–Crippen MR) is 94.8 cm³/mol. The topological polar surface area (TPSA) is 76.4 Å². The Hall–Kier alpha value is -2.41. The Morgan fingerprint density at radius 1 is 1.21 bits per heavy atom. The molecule has 3 rings (SSSR count). The van der Waals surface area contributed by atoms with Crippen LogP contribution in [0, 0.1) is 6.92 Å². The number of fused-ring (bicyclic) bond motifs is 1. The second-order valence-corrected chi connectivity index (χ2v) is 7.93. The molecule has 7 heteroatoms. The molecule has 0 saturated heterocycles. The highest BCUT2D eigenvalue weighted by atomic mass is 32.2. The summed E-state index contributed by atoms with van der Waals surface area (Å²) in [6, 6.07) is 11.2. The SMILES string of the molecule is Cc1cc2c(NCCCS(=O)(=O)Cc3ccccc3)nccn2n1. The monoisotopic (exact) mass is 344 g/mol. The van der Waals surface area contributed by atoms with Crippen molar-refractivity contribution in [3.05, 3.63) is 60.0 Å². The van der Waals surface area contributed by atoms with Crippen molar-refractivity contribution in [2.75, 3.05) is 17.6 Å². The fourth-order valence-corrected chi connectivity index (χ4v) is 4.01. The van der Waals surface area contributed by atoms with Crippen LogP contribution < -0.4 is 5.32 Å². The van der Waals surface area contributed by atoms with Gasteiger partial charge in [0.25, 0.3) is 0 Å². The normalized spacial score (nSPS) is 11.7. The molecule has 0 amide bonds. The molecule has 1 aromatic carbocycles. The van der Waals surface area contributed by atoms with E-state index in [2.05, 4.69) is 15.4 Å². The van der Waals surface area contributed by atoms with Crippen LogP contribution in [0.4, 0.5) is 5.82 Å². The molecule has 0 atom stereocenters. The third kappa shape index (κ3) is 4.11. The first-order valence-corrected chi connectivity index (χ1v) is 9.65. The molecule has 0 bridgehead atoms. The summed E-state index contributed by atoms with van der Waals surface area (Å²) in [5, 5.41) is 7.53. The zero-order valence-corrected chi connectivity index (χ0v) is 14.3. The molecule has 0 fully saturated rings. The van der Waals surface area contributed by atoms with Gasteiger partial charge in [-0.15, -0.1) is 0 Å². The molecule has 2 heterocycles. The van der Waals surface area contributed by atoms with E-state index < -0.39 is 9.84 Å². The third-order valence-corrected chi connectivity index (χ3v) is 5.35. The molecule has 24 heavy (non-hydrogen) atoms. The Morgan fingerprint density at radius 3 is 2.79 bits per heavy atom. The van der Waals surface area contributed by atoms with Crippen molar-refractivity contribution in [3.8, 4) is 0 Å². The van der Waals surface area contributed by atoms with Gasteiger partial charge in [-0.25, -0.2) is 17.9 Å². The minimum Gasteiger partial charge on any atom is -0.368 e. The van der Waals surface area contributed by atoms with E-state index in [9.17, 15) is 8.42 Å². The predicted octanol–water partition coefficient (Wildman–Crippen LogP) is 2.45. The van der Waals surface area contributed by atoms with Gasteiger partial charge in [0.05, 0.1) is 17.2 Å². The molecule has 2 aromatic heterocycles. The molecule has 0 radical (unpaired) electrons. The van der Waals surface area contributed by atoms with E-state index in [1.807, 2.05) is 43.3 Å². The van der Waals surface area contributed by atoms with Crippen LogP contribution in [0.25, 0.3) is 5.52 Å². The molecule has 0 saturated carbocycles. The van der Waals surface area contributed by atoms with Crippen molar-refractivity contribution in [2.24, 2.45) is 0 Å². The summed E-state index contributed by atoms with van der Waals surface area (Å²) >= 11 is 0. The van der Waals surface area contributed by atoms with Crippen molar-refractivity contribution in [1.82, 2.24) is 14.6 Å². The molecule has 6 nitrogen and oxygen atoms in total. The van der Waals surface area contributed by atoms with Crippen LogP contribution in [-0.2, 0) is 15.6 Å². The Kier molecular flexibility index (Phi) is 4.80. The molecule has 0 aliphatic rings. The summed E-state index contributed by atoms with van der Waals surface area (Å²) in [7, 11) is -3.11. The lowest BCUT2D eigenvalue weighted by atomic mass is 10.2. The Morgan fingerprint density at radius 2 is 2.00 bits per heavy atom. The molecular weight excluding hydrogens is 324 g/mol. The number of benzene rings is 1. The Labute approximate surface area is 141 Å². The number of hydrogen-bond acceptors (Lipinski definition) is 5. The average Bonchev–Trinajstić information content (AvgIpc) is 2.93. The lowest BCUT2D eigenvalue weighted by molar-refractivity contribution is 0.593. The summed E-state index contributed by atoms with van der Waals surface area (Å²) in [5.74, 6) is 0.957. The number of sulfone groups is 1. The summed E-state index contributed by atoms with van der Waals surface area (Å²) < 4.78 is 26.1. The van der Waals surface area contributed by atoms with Gasteiger partial charge in [-0.05, 0) is 25.0 Å². The van der Waals surface area contributed by atoms with Gasteiger partial charge < -0.3 is 5.32 Å². The van der Waals surface area contributed by atoms with Gasteiger partial charge in [0.1, 0.15) is 5.52 Å². The van der Waals surface area contributed by atoms with E-state index in [1.165, 1.54) is 0 Å². The minimum atomic E-state index is -3.11. The van der Waals surface area contributed by atoms with E-state index in [1.54, 1.807) is 16.9 Å². The van der Waals surface area contributed by atoms with E-state index >= 15 is 0 Å². The van der Waals surface area contributed by atoms with Gasteiger partial charge in [-0.1, -0.05) is 30.3 Å². The first-order valence-electron chi connectivity index (χ1n) is 7.83. The van der Waals surface area contributed by atoms with Crippen molar-refractivity contribution >= 4 is 21.2 Å². The number of nitrogens with one attached hydrogen (secondary N) is 1. The van der Waals surface area contributed by atoms with Gasteiger partial charge in [-0.2, -0.15) is 5.10 Å². The maximum Gasteiger partial charge on any atom is 0.154 e. The van der Waals surface area contributed by atoms with Crippen LogP contribution in [-0.4, -0.2) is 35.3 Å². The van der Waals surface area contributed by atoms with Crippen molar-refractivity contribution in [3.63, 3.8) is 0 Å². The first kappa shape index (κ1) is 16.4. The zero-order valence-electron chi connectivity index (χ0n) is 13.5. The van der Waals surface area contributed by atoms with E-state index in [0.717, 1.165) is 22.6 Å². The fraction of sp³-hybridized carbons (Fsp3) is 0.294. The van der Waals surface area contributed by atoms with Crippen molar-refractivity contribution < 1.29 is 8.42 Å². The highest BCUT2D eigenvalue weighted by Crippen LogP contribution is 2.14. The van der Waals surface area contributed by atoms with Gasteiger partial charge in [-0.3, -0.25) is 0 Å². The summed E-state index contributed by atoms with van der Waals surface area (Å²) in [4.78, 5) is 4.30. The Balaban J connectivity index is 1.54. The van der Waals surface area contributed by atoms with Gasteiger partial charge in [0, 0.05) is 18.9 Å². The summed E-state index contributed by atoms with van der Waals surface area (Å²) in [5.41, 5.74) is 2.63. The van der Waals surface area contributed by atoms with Crippen LogP contribution in [0.1, 0.15) is 17.7 Å². The largest absolute Gasteiger partial charge is 0.368 e. The second-order valence-electron chi connectivity index (χ2n) is 5.75. The summed E-state index contributed by atoms with van der Waals surface area (Å²) in [6.45, 7) is 2.47. The van der Waals surface area contributed by atoms with E-state index in [0.29, 0.717) is 13.0 Å². The number of hydrogen-bond donors (Lipinski definition) is 1. The highest BCUT2D eigenvalue weighted by molar-refractivity contribution is 7.90. The van der Waals surface area contributed by atoms with Crippen LogP contribution in [0.3, 0.4) is 0 Å². The van der Waals surface area contributed by atoms with Crippen molar-refractivity contribution in [1.29, 1.82) is 0 Å². The van der Waals surface area contributed by atoms with Crippen LogP contribution in [0.2, 0.25) is 0 Å². The molecular formula is C17H20N4O2S. The van der Waals surface area contributed by atoms with Gasteiger partial charge >= 0.3 is 0 Å².